The van der Waals surface area contributed by atoms with Gasteiger partial charge in [-0.05, 0) is 24.3 Å². The van der Waals surface area contributed by atoms with Crippen LogP contribution in [0.5, 0.6) is 0 Å². The number of aliphatic hydroxyl groups is 1. The third-order valence-electron chi connectivity index (χ3n) is 1.29. The molecule has 0 heterocycles. The van der Waals surface area contributed by atoms with Gasteiger partial charge in [0, 0.05) is 10.6 Å². The van der Waals surface area contributed by atoms with E-state index in [2.05, 4.69) is 12.3 Å². The Morgan fingerprint density at radius 1 is 1.36 bits per heavy atom. The largest absolute Gasteiger partial charge is 0.501 e. The maximum absolute atomic E-state index is 9.12. The van der Waals surface area contributed by atoms with Gasteiger partial charge in [0.25, 0.3) is 0 Å². The zero-order valence-corrected chi connectivity index (χ0v) is 6.60. The minimum atomic E-state index is 0.0432. The molecule has 0 unspecified atom stereocenters. The zero-order chi connectivity index (χ0) is 8.27. The molecule has 0 aliphatic carbocycles. The lowest BCUT2D eigenvalue weighted by Crippen LogP contribution is -1.78. The zero-order valence-electron chi connectivity index (χ0n) is 5.84. The van der Waals surface area contributed by atoms with Gasteiger partial charge in [0.2, 0.25) is 0 Å². The Labute approximate surface area is 70.2 Å². The van der Waals surface area contributed by atoms with Gasteiger partial charge in [-0.2, -0.15) is 0 Å². The Balaban J connectivity index is 3.08. The van der Waals surface area contributed by atoms with Crippen LogP contribution in [-0.4, -0.2) is 5.11 Å². The SMILES string of the molecule is C=C=C(O)c1ccc(Cl)cc1. The summed E-state index contributed by atoms with van der Waals surface area (Å²) in [6, 6.07) is 6.81. The Morgan fingerprint density at radius 3 is 2.36 bits per heavy atom. The maximum atomic E-state index is 9.12. The topological polar surface area (TPSA) is 20.2 Å². The second kappa shape index (κ2) is 3.29. The average Bonchev–Trinajstić information content (AvgIpc) is 2.05. The number of aliphatic hydroxyl groups excluding tert-OH is 1. The first-order valence-electron chi connectivity index (χ1n) is 3.09. The van der Waals surface area contributed by atoms with Gasteiger partial charge in [-0.1, -0.05) is 23.9 Å². The molecule has 1 rings (SSSR count). The van der Waals surface area contributed by atoms with E-state index in [1.807, 2.05) is 0 Å². The van der Waals surface area contributed by atoms with Crippen LogP contribution in [-0.2, 0) is 0 Å². The molecule has 1 N–H and O–H groups in total. The molecule has 0 amide bonds. The molecule has 0 aliphatic rings. The third-order valence-corrected chi connectivity index (χ3v) is 1.54. The highest BCUT2D eigenvalue weighted by molar-refractivity contribution is 6.30. The molecule has 0 spiro atoms. The Kier molecular flexibility index (Phi) is 2.37. The first-order valence-corrected chi connectivity index (χ1v) is 3.47. The first kappa shape index (κ1) is 7.93. The fourth-order valence-corrected chi connectivity index (χ4v) is 0.836. The predicted octanol–water partition coefficient (Wildman–Crippen LogP) is 3.02. The summed E-state index contributed by atoms with van der Waals surface area (Å²) in [6.45, 7) is 3.31. The summed E-state index contributed by atoms with van der Waals surface area (Å²) in [6.07, 6.45) is 0. The molecule has 0 aromatic heterocycles. The van der Waals surface area contributed by atoms with E-state index in [0.29, 0.717) is 10.6 Å². The highest BCUT2D eigenvalue weighted by atomic mass is 35.5. The molecule has 2 heteroatoms. The van der Waals surface area contributed by atoms with Crippen LogP contribution in [0.4, 0.5) is 0 Å². The third kappa shape index (κ3) is 1.87. The van der Waals surface area contributed by atoms with Crippen molar-refractivity contribution >= 4 is 17.4 Å². The lowest BCUT2D eigenvalue weighted by molar-refractivity contribution is 0.513. The van der Waals surface area contributed by atoms with Crippen molar-refractivity contribution in [3.63, 3.8) is 0 Å². The number of hydrogen-bond acceptors (Lipinski definition) is 1. The van der Waals surface area contributed by atoms with Crippen molar-refractivity contribution in [3.8, 4) is 0 Å². The number of halogens is 1. The predicted molar refractivity (Wildman–Crippen MR) is 46.6 cm³/mol. The van der Waals surface area contributed by atoms with Crippen LogP contribution in [0.2, 0.25) is 5.02 Å². The van der Waals surface area contributed by atoms with E-state index >= 15 is 0 Å². The van der Waals surface area contributed by atoms with Crippen molar-refractivity contribution in [2.75, 3.05) is 0 Å². The van der Waals surface area contributed by atoms with Gasteiger partial charge in [-0.25, -0.2) is 0 Å². The summed E-state index contributed by atoms with van der Waals surface area (Å²) in [5, 5.41) is 9.76. The van der Waals surface area contributed by atoms with Gasteiger partial charge in [-0.15, -0.1) is 0 Å². The molecular weight excluding hydrogens is 160 g/mol. The summed E-state index contributed by atoms with van der Waals surface area (Å²) in [4.78, 5) is 0. The molecule has 0 saturated heterocycles. The van der Waals surface area contributed by atoms with Crippen LogP contribution >= 0.6 is 11.6 Å². The van der Waals surface area contributed by atoms with Crippen LogP contribution in [0.1, 0.15) is 5.56 Å². The summed E-state index contributed by atoms with van der Waals surface area (Å²) < 4.78 is 0. The van der Waals surface area contributed by atoms with E-state index in [-0.39, 0.29) is 5.76 Å². The molecule has 0 fully saturated rings. The molecular formula is C9H7ClO. The normalized spacial score (nSPS) is 8.82. The molecule has 1 nitrogen and oxygen atoms in total. The van der Waals surface area contributed by atoms with Gasteiger partial charge in [0.15, 0.2) is 5.76 Å². The number of rotatable bonds is 1. The van der Waals surface area contributed by atoms with E-state index in [9.17, 15) is 0 Å². The lowest BCUT2D eigenvalue weighted by atomic mass is 10.2. The van der Waals surface area contributed by atoms with E-state index in [1.54, 1.807) is 24.3 Å². The van der Waals surface area contributed by atoms with Crippen LogP contribution in [0, 0.1) is 0 Å². The van der Waals surface area contributed by atoms with Crippen molar-refractivity contribution < 1.29 is 5.11 Å². The molecule has 1 aromatic rings. The van der Waals surface area contributed by atoms with Gasteiger partial charge >= 0.3 is 0 Å². The van der Waals surface area contributed by atoms with E-state index < -0.39 is 0 Å². The van der Waals surface area contributed by atoms with E-state index in [1.165, 1.54) is 0 Å². The average molecular weight is 167 g/mol. The second-order valence-corrected chi connectivity index (χ2v) is 2.47. The van der Waals surface area contributed by atoms with Gasteiger partial charge < -0.3 is 5.11 Å². The molecule has 56 valence electrons. The highest BCUT2D eigenvalue weighted by Crippen LogP contribution is 2.13. The first-order chi connectivity index (χ1) is 5.24. The summed E-state index contributed by atoms with van der Waals surface area (Å²) >= 11 is 5.63. The van der Waals surface area contributed by atoms with E-state index in [0.717, 1.165) is 0 Å². The smallest absolute Gasteiger partial charge is 0.166 e. The van der Waals surface area contributed by atoms with Crippen LogP contribution < -0.4 is 0 Å². The van der Waals surface area contributed by atoms with Crippen molar-refractivity contribution in [1.82, 2.24) is 0 Å². The van der Waals surface area contributed by atoms with Gasteiger partial charge in [0.1, 0.15) is 0 Å². The number of benzene rings is 1. The van der Waals surface area contributed by atoms with Crippen molar-refractivity contribution in [2.24, 2.45) is 0 Å². The van der Waals surface area contributed by atoms with Crippen LogP contribution in [0.25, 0.3) is 5.76 Å². The lowest BCUT2D eigenvalue weighted by Gasteiger charge is -1.95. The molecule has 0 bridgehead atoms. The maximum Gasteiger partial charge on any atom is 0.166 e. The van der Waals surface area contributed by atoms with Crippen LogP contribution in [0.15, 0.2) is 36.6 Å². The Bertz CT molecular complexity index is 294. The summed E-state index contributed by atoms with van der Waals surface area (Å²) in [5.74, 6) is 0.0432. The Hall–Kier alpha value is -1.17. The number of hydrogen-bond donors (Lipinski definition) is 1. The molecule has 0 saturated carbocycles. The summed E-state index contributed by atoms with van der Waals surface area (Å²) in [7, 11) is 0. The quantitative estimate of drug-likeness (QED) is 0.502. The molecule has 0 atom stereocenters. The van der Waals surface area contributed by atoms with Crippen molar-refractivity contribution in [2.45, 2.75) is 0 Å². The molecule has 0 radical (unpaired) electrons. The fraction of sp³-hybridized carbons (Fsp3) is 0. The van der Waals surface area contributed by atoms with Gasteiger partial charge in [0.05, 0.1) is 0 Å². The van der Waals surface area contributed by atoms with Gasteiger partial charge in [-0.3, -0.25) is 0 Å². The standard InChI is InChI=1S/C9H7ClO/c1-2-9(11)7-3-5-8(10)6-4-7/h3-6,11H,1H2. The minimum absolute atomic E-state index is 0.0432. The minimum Gasteiger partial charge on any atom is -0.501 e. The highest BCUT2D eigenvalue weighted by Gasteiger charge is 1.95. The van der Waals surface area contributed by atoms with E-state index in [4.69, 9.17) is 16.7 Å². The van der Waals surface area contributed by atoms with Crippen LogP contribution in [0.3, 0.4) is 0 Å². The van der Waals surface area contributed by atoms with Crippen molar-refractivity contribution in [1.29, 1.82) is 0 Å². The molecule has 11 heavy (non-hydrogen) atoms. The molecule has 0 aliphatic heterocycles. The second-order valence-electron chi connectivity index (χ2n) is 2.03. The summed E-state index contributed by atoms with van der Waals surface area (Å²) in [5.41, 5.74) is 3.05. The molecule has 1 aromatic carbocycles. The monoisotopic (exact) mass is 166 g/mol. The fourth-order valence-electron chi connectivity index (χ4n) is 0.710. The Morgan fingerprint density at radius 2 is 1.91 bits per heavy atom. The van der Waals surface area contributed by atoms with Crippen molar-refractivity contribution in [3.05, 3.63) is 47.2 Å².